The van der Waals surface area contributed by atoms with Crippen molar-refractivity contribution in [3.05, 3.63) is 62.3 Å². The van der Waals surface area contributed by atoms with Gasteiger partial charge in [-0.1, -0.05) is 44.0 Å². The fourth-order valence-corrected chi connectivity index (χ4v) is 7.94. The van der Waals surface area contributed by atoms with Crippen molar-refractivity contribution >= 4 is 62.2 Å². The highest BCUT2D eigenvalue weighted by atomic mass is 35.5. The first-order valence-electron chi connectivity index (χ1n) is 14.0. The molecule has 0 spiro atoms. The lowest BCUT2D eigenvalue weighted by Crippen LogP contribution is -2.37. The normalized spacial score (nSPS) is 20.4. The summed E-state index contributed by atoms with van der Waals surface area (Å²) in [6.45, 7) is 17.4. The zero-order valence-electron chi connectivity index (χ0n) is 25.3. The van der Waals surface area contributed by atoms with Crippen LogP contribution < -0.4 is 0 Å². The van der Waals surface area contributed by atoms with Crippen LogP contribution in [0.25, 0.3) is 16.2 Å². The van der Waals surface area contributed by atoms with Crippen molar-refractivity contribution in [1.29, 1.82) is 5.26 Å². The van der Waals surface area contributed by atoms with Crippen LogP contribution in [0.15, 0.2) is 28.6 Å². The smallest absolute Gasteiger partial charge is 0.331 e. The van der Waals surface area contributed by atoms with E-state index in [-0.39, 0.29) is 51.8 Å². The molecule has 1 fully saturated rings. The van der Waals surface area contributed by atoms with Crippen LogP contribution in [0.5, 0.6) is 0 Å². The third-order valence-electron chi connectivity index (χ3n) is 7.81. The van der Waals surface area contributed by atoms with Crippen LogP contribution in [-0.2, 0) is 14.8 Å². The maximum Gasteiger partial charge on any atom is 0.331 e. The summed E-state index contributed by atoms with van der Waals surface area (Å²) < 4.78 is 35.0. The van der Waals surface area contributed by atoms with E-state index in [1.54, 1.807) is 12.1 Å². The topological polar surface area (TPSA) is 153 Å². The number of hydrogen-bond acceptors (Lipinski definition) is 9. The number of carbonyl (C=O) groups is 1. The average molecular weight is 671 g/mol. The molecule has 0 amide bonds. The molecule has 2 unspecified atom stereocenters. The van der Waals surface area contributed by atoms with Crippen LogP contribution in [0.2, 0.25) is 10.0 Å². The minimum absolute atomic E-state index is 0.00982. The Bertz CT molecular complexity index is 2050. The highest BCUT2D eigenvalue weighted by molar-refractivity contribution is 7.89. The standard InChI is InChI=1S/C29H29Cl2N9O4S/c1-14-8-16(3)25(17(4)9-14)44-29(41)22-23(33-6)27(39-28(22)40(18(5)36-39)45(7,42)43)35-34-26-19(12-32)13-38(37-26)24-20(30)10-15(2)11-21(24)31/h10-11,13-14,16-17,25H,8-9H2,1-5,7H3/b35-34-. The molecule has 0 radical (unpaired) electrons. The fourth-order valence-electron chi connectivity index (χ4n) is 6.17. The molecule has 5 rings (SSSR count). The van der Waals surface area contributed by atoms with Gasteiger partial charge in [0.15, 0.2) is 11.5 Å². The van der Waals surface area contributed by atoms with Gasteiger partial charge in [0, 0.05) is 0 Å². The maximum absolute atomic E-state index is 13.8. The van der Waals surface area contributed by atoms with E-state index in [0.717, 1.165) is 33.1 Å². The lowest BCUT2D eigenvalue weighted by Gasteiger charge is -2.37. The number of carbonyl (C=O) groups excluding carboxylic acids is 1. The van der Waals surface area contributed by atoms with Gasteiger partial charge in [-0.2, -0.15) is 10.4 Å². The largest absolute Gasteiger partial charge is 0.459 e. The molecule has 4 aromatic rings. The van der Waals surface area contributed by atoms with Crippen LogP contribution in [0.1, 0.15) is 60.9 Å². The summed E-state index contributed by atoms with van der Waals surface area (Å²) in [6.07, 6.45) is 3.61. The first kappa shape index (κ1) is 32.2. The molecule has 3 heterocycles. The van der Waals surface area contributed by atoms with Crippen LogP contribution >= 0.6 is 23.2 Å². The van der Waals surface area contributed by atoms with Gasteiger partial charge in [-0.15, -0.1) is 15.3 Å². The van der Waals surface area contributed by atoms with Crippen LogP contribution in [-0.4, -0.2) is 50.1 Å². The molecule has 16 heteroatoms. The zero-order valence-corrected chi connectivity index (χ0v) is 27.6. The Kier molecular flexibility index (Phi) is 8.53. The van der Waals surface area contributed by atoms with Crippen LogP contribution in [0, 0.1) is 49.5 Å². The lowest BCUT2D eigenvalue weighted by atomic mass is 9.75. The Labute approximate surface area is 269 Å². The molecule has 1 aliphatic rings. The Balaban J connectivity index is 1.66. The van der Waals surface area contributed by atoms with Crippen molar-refractivity contribution in [2.45, 2.75) is 53.6 Å². The molecule has 0 aliphatic heterocycles. The monoisotopic (exact) mass is 669 g/mol. The van der Waals surface area contributed by atoms with Gasteiger partial charge < -0.3 is 4.74 Å². The van der Waals surface area contributed by atoms with Crippen LogP contribution in [0.4, 0.5) is 17.3 Å². The number of nitrogens with zero attached hydrogens (tertiary/aromatic N) is 9. The predicted octanol–water partition coefficient (Wildman–Crippen LogP) is 7.12. The number of hydrogen-bond donors (Lipinski definition) is 0. The van der Waals surface area contributed by atoms with Gasteiger partial charge >= 0.3 is 5.97 Å². The second-order valence-electron chi connectivity index (χ2n) is 11.6. The molecule has 0 saturated heterocycles. The maximum atomic E-state index is 13.8. The summed E-state index contributed by atoms with van der Waals surface area (Å²) in [5.41, 5.74) is 0.347. The Morgan fingerprint density at radius 1 is 1.13 bits per heavy atom. The second-order valence-corrected chi connectivity index (χ2v) is 14.2. The minimum Gasteiger partial charge on any atom is -0.459 e. The second kappa shape index (κ2) is 11.9. The van der Waals surface area contributed by atoms with Gasteiger partial charge in [-0.05, 0) is 62.1 Å². The molecule has 1 aliphatic carbocycles. The molecule has 1 aromatic carbocycles. The SMILES string of the molecule is [C-]#[N+]c1c(C(=O)OC2C(C)CC(C)CC2C)c2n(S(C)(=O)=O)c(C)nn2c1/N=N\c1nn(-c2c(Cl)cc(C)cc2Cl)cc1C#N. The number of aromatic nitrogens is 5. The zero-order chi connectivity index (χ0) is 33.0. The van der Waals surface area contributed by atoms with Crippen LogP contribution in [0.3, 0.4) is 0 Å². The van der Waals surface area contributed by atoms with E-state index in [9.17, 15) is 18.5 Å². The fraction of sp³-hybridized carbons (Fsp3) is 0.414. The number of azo groups is 1. The summed E-state index contributed by atoms with van der Waals surface area (Å²) >= 11 is 12.8. The highest BCUT2D eigenvalue weighted by Gasteiger charge is 2.38. The van der Waals surface area contributed by atoms with E-state index in [1.165, 1.54) is 17.8 Å². The molecule has 234 valence electrons. The van der Waals surface area contributed by atoms with E-state index in [4.69, 9.17) is 34.5 Å². The van der Waals surface area contributed by atoms with Crippen molar-refractivity contribution in [3.63, 3.8) is 0 Å². The molecule has 2 atom stereocenters. The lowest BCUT2D eigenvalue weighted by molar-refractivity contribution is -0.0249. The molecule has 0 N–H and O–H groups in total. The molecular weight excluding hydrogens is 641 g/mol. The van der Waals surface area contributed by atoms with Crippen molar-refractivity contribution in [1.82, 2.24) is 23.4 Å². The minimum atomic E-state index is -4.00. The molecular formula is C29H29Cl2N9O4S. The van der Waals surface area contributed by atoms with Crippen molar-refractivity contribution in [2.24, 2.45) is 28.0 Å². The number of halogens is 2. The highest BCUT2D eigenvalue weighted by Crippen LogP contribution is 2.42. The predicted molar refractivity (Wildman–Crippen MR) is 168 cm³/mol. The Morgan fingerprint density at radius 2 is 1.76 bits per heavy atom. The van der Waals surface area contributed by atoms with E-state index in [1.807, 2.05) is 26.8 Å². The van der Waals surface area contributed by atoms with E-state index < -0.39 is 22.1 Å². The average Bonchev–Trinajstić information content (AvgIpc) is 3.57. The summed E-state index contributed by atoms with van der Waals surface area (Å²) in [4.78, 5) is 17.4. The third kappa shape index (κ3) is 5.81. The summed E-state index contributed by atoms with van der Waals surface area (Å²) in [5, 5.41) is 27.3. The van der Waals surface area contributed by atoms with Gasteiger partial charge in [-0.3, -0.25) is 0 Å². The number of benzene rings is 1. The first-order chi connectivity index (χ1) is 21.2. The number of esters is 1. The van der Waals surface area contributed by atoms with Gasteiger partial charge in [0.25, 0.3) is 5.69 Å². The number of aryl methyl sites for hydroxylation is 2. The quantitative estimate of drug-likeness (QED) is 0.120. The molecule has 0 bridgehead atoms. The number of ether oxygens (including phenoxy) is 1. The molecule has 45 heavy (non-hydrogen) atoms. The van der Waals surface area contributed by atoms with Gasteiger partial charge in [-0.25, -0.2) is 31.2 Å². The van der Waals surface area contributed by atoms with Gasteiger partial charge in [0.2, 0.25) is 15.8 Å². The summed E-state index contributed by atoms with van der Waals surface area (Å²) in [5.74, 6) is -0.650. The molecule has 1 saturated carbocycles. The number of rotatable bonds is 6. The van der Waals surface area contributed by atoms with Crippen molar-refractivity contribution < 1.29 is 17.9 Å². The van der Waals surface area contributed by atoms with Gasteiger partial charge in [0.05, 0.1) is 29.1 Å². The molecule has 3 aromatic heterocycles. The van der Waals surface area contributed by atoms with E-state index in [2.05, 4.69) is 32.2 Å². The summed E-state index contributed by atoms with van der Waals surface area (Å²) in [7, 11) is -4.00. The van der Waals surface area contributed by atoms with E-state index >= 15 is 0 Å². The van der Waals surface area contributed by atoms with E-state index in [0.29, 0.717) is 21.7 Å². The Hall–Kier alpha value is -4.24. The number of nitriles is 1. The Morgan fingerprint density at radius 3 is 2.31 bits per heavy atom. The van der Waals surface area contributed by atoms with Crippen molar-refractivity contribution in [2.75, 3.05) is 6.26 Å². The number of fused-ring (bicyclic) bond motifs is 1. The third-order valence-corrected chi connectivity index (χ3v) is 9.49. The first-order valence-corrected chi connectivity index (χ1v) is 16.6. The van der Waals surface area contributed by atoms with Crippen molar-refractivity contribution in [3.8, 4) is 11.8 Å². The summed E-state index contributed by atoms with van der Waals surface area (Å²) in [6, 6.07) is 5.36. The molecule has 13 nitrogen and oxygen atoms in total. The van der Waals surface area contributed by atoms with Gasteiger partial charge in [0.1, 0.15) is 34.8 Å².